The number of rotatable bonds is 2. The summed E-state index contributed by atoms with van der Waals surface area (Å²) >= 11 is 0. The molecule has 104 valence electrons. The predicted octanol–water partition coefficient (Wildman–Crippen LogP) is 4.96. The molecule has 0 saturated carbocycles. The molecule has 0 N–H and O–H groups in total. The number of fused-ring (bicyclic) bond motifs is 1. The molecule has 1 aromatic heterocycles. The van der Waals surface area contributed by atoms with Gasteiger partial charge in [0.25, 0.3) is 0 Å². The van der Waals surface area contributed by atoms with Crippen LogP contribution in [0.2, 0.25) is 0 Å². The van der Waals surface area contributed by atoms with E-state index in [-0.39, 0.29) is 0 Å². The van der Waals surface area contributed by atoms with Gasteiger partial charge in [-0.25, -0.2) is 9.97 Å². The Balaban J connectivity index is 1.80. The van der Waals surface area contributed by atoms with Crippen molar-refractivity contribution in [2.45, 2.75) is 0 Å². The number of hydrogen-bond donors (Lipinski definition) is 0. The van der Waals surface area contributed by atoms with Gasteiger partial charge in [0, 0.05) is 11.8 Å². The first-order chi connectivity index (χ1) is 10.9. The first-order valence-electron chi connectivity index (χ1n) is 7.26. The molecule has 0 saturated heterocycles. The fourth-order valence-corrected chi connectivity index (χ4v) is 2.76. The van der Waals surface area contributed by atoms with Crippen molar-refractivity contribution in [3.8, 4) is 22.4 Å². The molecule has 4 aromatic rings. The van der Waals surface area contributed by atoms with Crippen molar-refractivity contribution in [2.24, 2.45) is 0 Å². The van der Waals surface area contributed by atoms with E-state index in [0.717, 1.165) is 11.3 Å². The average Bonchev–Trinajstić information content (AvgIpc) is 2.62. The Kier molecular flexibility index (Phi) is 3.13. The summed E-state index contributed by atoms with van der Waals surface area (Å²) in [5.41, 5.74) is 4.52. The van der Waals surface area contributed by atoms with E-state index >= 15 is 0 Å². The van der Waals surface area contributed by atoms with Gasteiger partial charge in [-0.15, -0.1) is 0 Å². The number of nitrogens with zero attached hydrogens (tertiary/aromatic N) is 2. The van der Waals surface area contributed by atoms with Crippen molar-refractivity contribution >= 4 is 10.8 Å². The second-order valence-corrected chi connectivity index (χ2v) is 5.20. The maximum Gasteiger partial charge on any atom is 0.116 e. The van der Waals surface area contributed by atoms with Gasteiger partial charge >= 0.3 is 0 Å². The molecule has 4 rings (SSSR count). The Morgan fingerprint density at radius 2 is 1.41 bits per heavy atom. The van der Waals surface area contributed by atoms with Crippen molar-refractivity contribution in [1.29, 1.82) is 0 Å². The third-order valence-electron chi connectivity index (χ3n) is 3.86. The summed E-state index contributed by atoms with van der Waals surface area (Å²) in [5.74, 6) is 0. The van der Waals surface area contributed by atoms with Crippen molar-refractivity contribution < 1.29 is 0 Å². The molecule has 0 fully saturated rings. The van der Waals surface area contributed by atoms with Crippen LogP contribution in [0.15, 0.2) is 85.3 Å². The van der Waals surface area contributed by atoms with Crippen molar-refractivity contribution in [1.82, 2.24) is 9.97 Å². The Hall–Kier alpha value is -3.00. The van der Waals surface area contributed by atoms with E-state index in [1.54, 1.807) is 12.5 Å². The van der Waals surface area contributed by atoms with Crippen LogP contribution in [0.25, 0.3) is 33.2 Å². The van der Waals surface area contributed by atoms with E-state index in [2.05, 4.69) is 76.7 Å². The Labute approximate surface area is 129 Å². The van der Waals surface area contributed by atoms with Crippen molar-refractivity contribution in [2.75, 3.05) is 0 Å². The summed E-state index contributed by atoms with van der Waals surface area (Å²) in [6.45, 7) is 0. The summed E-state index contributed by atoms with van der Waals surface area (Å²) in [6, 6.07) is 25.3. The minimum absolute atomic E-state index is 0.944. The molecule has 1 heterocycles. The van der Waals surface area contributed by atoms with Crippen LogP contribution in [0.5, 0.6) is 0 Å². The highest BCUT2D eigenvalue weighted by molar-refractivity contribution is 5.96. The lowest BCUT2D eigenvalue weighted by Gasteiger charge is -2.08. The van der Waals surface area contributed by atoms with Gasteiger partial charge in [-0.1, -0.05) is 66.7 Å². The number of hydrogen-bond acceptors (Lipinski definition) is 2. The lowest BCUT2D eigenvalue weighted by molar-refractivity contribution is 1.17. The predicted molar refractivity (Wildman–Crippen MR) is 90.4 cm³/mol. The zero-order valence-corrected chi connectivity index (χ0v) is 12.0. The summed E-state index contributed by atoms with van der Waals surface area (Å²) in [4.78, 5) is 8.25. The van der Waals surface area contributed by atoms with Crippen LogP contribution in [-0.4, -0.2) is 9.97 Å². The van der Waals surface area contributed by atoms with Gasteiger partial charge in [0.15, 0.2) is 0 Å². The van der Waals surface area contributed by atoms with E-state index in [9.17, 15) is 0 Å². The quantitative estimate of drug-likeness (QED) is 0.519. The molecule has 0 aliphatic carbocycles. The summed E-state index contributed by atoms with van der Waals surface area (Å²) in [5, 5.41) is 2.54. The SMILES string of the molecule is c1ccc2c(-c3ccc(-c4ccncn4)cc3)cccc2c1. The van der Waals surface area contributed by atoms with Crippen LogP contribution in [0.4, 0.5) is 0 Å². The molecule has 0 radical (unpaired) electrons. The molecular formula is C20H14N2. The molecule has 0 aliphatic heterocycles. The standard InChI is InChI=1S/C20H14N2/c1-2-6-18-15(4-1)5-3-7-19(18)16-8-10-17(11-9-16)20-12-13-21-14-22-20/h1-14H. The molecule has 2 heteroatoms. The highest BCUT2D eigenvalue weighted by atomic mass is 14.8. The molecule has 0 spiro atoms. The second kappa shape index (κ2) is 5.41. The van der Waals surface area contributed by atoms with Crippen LogP contribution in [-0.2, 0) is 0 Å². The lowest BCUT2D eigenvalue weighted by atomic mass is 9.97. The number of aromatic nitrogens is 2. The van der Waals surface area contributed by atoms with Crippen LogP contribution in [0.1, 0.15) is 0 Å². The monoisotopic (exact) mass is 282 g/mol. The molecule has 0 unspecified atom stereocenters. The largest absolute Gasteiger partial charge is 0.245 e. The molecule has 22 heavy (non-hydrogen) atoms. The summed E-state index contributed by atoms with van der Waals surface area (Å²) in [7, 11) is 0. The molecule has 0 aliphatic rings. The topological polar surface area (TPSA) is 25.8 Å². The molecular weight excluding hydrogens is 268 g/mol. The summed E-state index contributed by atoms with van der Waals surface area (Å²) < 4.78 is 0. The molecule has 0 bridgehead atoms. The van der Waals surface area contributed by atoms with Crippen LogP contribution < -0.4 is 0 Å². The highest BCUT2D eigenvalue weighted by Gasteiger charge is 2.04. The van der Waals surface area contributed by atoms with E-state index in [4.69, 9.17) is 0 Å². The van der Waals surface area contributed by atoms with Crippen LogP contribution in [0, 0.1) is 0 Å². The smallest absolute Gasteiger partial charge is 0.116 e. The van der Waals surface area contributed by atoms with Gasteiger partial charge in [0.1, 0.15) is 6.33 Å². The first-order valence-corrected chi connectivity index (χ1v) is 7.26. The lowest BCUT2D eigenvalue weighted by Crippen LogP contribution is -1.85. The second-order valence-electron chi connectivity index (χ2n) is 5.20. The van der Waals surface area contributed by atoms with Gasteiger partial charge < -0.3 is 0 Å². The van der Waals surface area contributed by atoms with E-state index in [1.165, 1.54) is 21.9 Å². The minimum Gasteiger partial charge on any atom is -0.245 e. The van der Waals surface area contributed by atoms with E-state index < -0.39 is 0 Å². The maximum atomic E-state index is 4.29. The van der Waals surface area contributed by atoms with Gasteiger partial charge in [-0.2, -0.15) is 0 Å². The normalized spacial score (nSPS) is 10.7. The van der Waals surface area contributed by atoms with Gasteiger partial charge in [-0.3, -0.25) is 0 Å². The molecule has 0 amide bonds. The van der Waals surface area contributed by atoms with E-state index in [0.29, 0.717) is 0 Å². The first kappa shape index (κ1) is 12.7. The average molecular weight is 282 g/mol. The van der Waals surface area contributed by atoms with Crippen LogP contribution >= 0.6 is 0 Å². The van der Waals surface area contributed by atoms with Crippen molar-refractivity contribution in [3.63, 3.8) is 0 Å². The Morgan fingerprint density at radius 3 is 2.23 bits per heavy atom. The molecule has 3 aromatic carbocycles. The maximum absolute atomic E-state index is 4.29. The van der Waals surface area contributed by atoms with E-state index in [1.807, 2.05) is 6.07 Å². The third-order valence-corrected chi connectivity index (χ3v) is 3.86. The fourth-order valence-electron chi connectivity index (χ4n) is 2.76. The van der Waals surface area contributed by atoms with Crippen LogP contribution in [0.3, 0.4) is 0 Å². The van der Waals surface area contributed by atoms with Crippen molar-refractivity contribution in [3.05, 3.63) is 85.3 Å². The molecule has 0 atom stereocenters. The van der Waals surface area contributed by atoms with Gasteiger partial charge in [-0.05, 0) is 28.0 Å². The minimum atomic E-state index is 0.944. The van der Waals surface area contributed by atoms with Gasteiger partial charge in [0.2, 0.25) is 0 Å². The zero-order chi connectivity index (χ0) is 14.8. The Morgan fingerprint density at radius 1 is 0.636 bits per heavy atom. The summed E-state index contributed by atoms with van der Waals surface area (Å²) in [6.07, 6.45) is 3.34. The fraction of sp³-hybridized carbons (Fsp3) is 0. The van der Waals surface area contributed by atoms with Gasteiger partial charge in [0.05, 0.1) is 5.69 Å². The highest BCUT2D eigenvalue weighted by Crippen LogP contribution is 2.29. The molecule has 2 nitrogen and oxygen atoms in total. The Bertz CT molecular complexity index is 908. The third kappa shape index (κ3) is 2.25. The zero-order valence-electron chi connectivity index (χ0n) is 12.0. The number of benzene rings is 3.